The average Bonchev–Trinajstić information content (AvgIpc) is 2.66. The number of nitrogens with one attached hydrogen (secondary N) is 2. The summed E-state index contributed by atoms with van der Waals surface area (Å²) in [6, 6.07) is 0. The molecule has 7 heteroatoms. The lowest BCUT2D eigenvalue weighted by molar-refractivity contribution is -0.140. The van der Waals surface area contributed by atoms with Crippen molar-refractivity contribution in [2.45, 2.75) is 12.8 Å². The highest BCUT2D eigenvalue weighted by atomic mass is 16.5. The number of aromatic nitrogens is 2. The largest absolute Gasteiger partial charge is 0.469 e. The Morgan fingerprint density at radius 3 is 2.44 bits per heavy atom. The van der Waals surface area contributed by atoms with Crippen LogP contribution in [0.1, 0.15) is 22.6 Å². The Hall–Kier alpha value is -2.05. The number of hydrogen-bond donors (Lipinski definition) is 2. The summed E-state index contributed by atoms with van der Waals surface area (Å²) in [7, 11) is 2.47. The van der Waals surface area contributed by atoms with E-state index in [0.29, 0.717) is 5.69 Å². The topological polar surface area (TPSA) is 101 Å². The van der Waals surface area contributed by atoms with Gasteiger partial charge in [-0.2, -0.15) is 0 Å². The summed E-state index contributed by atoms with van der Waals surface area (Å²) >= 11 is 0. The van der Waals surface area contributed by atoms with Crippen LogP contribution in [0, 0.1) is 0 Å². The normalized spacial score (nSPS) is 9.88. The minimum atomic E-state index is -0.654. The van der Waals surface area contributed by atoms with Crippen LogP contribution < -0.4 is 5.69 Å². The van der Waals surface area contributed by atoms with E-state index >= 15 is 0 Å². The highest BCUT2D eigenvalue weighted by molar-refractivity contribution is 5.88. The van der Waals surface area contributed by atoms with E-state index in [1.54, 1.807) is 0 Å². The Labute approximate surface area is 90.8 Å². The molecular weight excluding hydrogens is 216 g/mol. The molecule has 1 aromatic rings. The second kappa shape index (κ2) is 5.15. The fraction of sp³-hybridized carbons (Fsp3) is 0.444. The standard InChI is InChI=1S/C9H12N2O5/c1-15-6(12)4-3-5-7(8(13)16-2)11-9(14)10-5/h3-4H2,1-2H3,(H2,10,11,14). The maximum Gasteiger partial charge on any atom is 0.356 e. The van der Waals surface area contributed by atoms with Gasteiger partial charge in [0.1, 0.15) is 5.69 Å². The molecule has 7 nitrogen and oxygen atoms in total. The Morgan fingerprint density at radius 2 is 1.88 bits per heavy atom. The van der Waals surface area contributed by atoms with Crippen LogP contribution in [0.15, 0.2) is 4.79 Å². The first-order valence-corrected chi connectivity index (χ1v) is 4.54. The van der Waals surface area contributed by atoms with Gasteiger partial charge in [0, 0.05) is 6.42 Å². The molecule has 0 aromatic carbocycles. The first kappa shape index (κ1) is 12.0. The molecule has 1 rings (SSSR count). The predicted octanol–water partition coefficient (Wildman–Crippen LogP) is -0.405. The lowest BCUT2D eigenvalue weighted by Gasteiger charge is -2.00. The van der Waals surface area contributed by atoms with Gasteiger partial charge in [0.2, 0.25) is 0 Å². The van der Waals surface area contributed by atoms with Crippen molar-refractivity contribution in [3.63, 3.8) is 0 Å². The van der Waals surface area contributed by atoms with Crippen molar-refractivity contribution in [3.8, 4) is 0 Å². The second-order valence-electron chi connectivity index (χ2n) is 3.00. The molecule has 16 heavy (non-hydrogen) atoms. The van der Waals surface area contributed by atoms with Gasteiger partial charge >= 0.3 is 17.6 Å². The number of carbonyl (C=O) groups is 2. The van der Waals surface area contributed by atoms with Crippen LogP contribution in [0.5, 0.6) is 0 Å². The van der Waals surface area contributed by atoms with Crippen molar-refractivity contribution in [2.75, 3.05) is 14.2 Å². The van der Waals surface area contributed by atoms with E-state index in [9.17, 15) is 14.4 Å². The van der Waals surface area contributed by atoms with Crippen molar-refractivity contribution >= 4 is 11.9 Å². The monoisotopic (exact) mass is 228 g/mol. The second-order valence-corrected chi connectivity index (χ2v) is 3.00. The molecule has 0 fully saturated rings. The molecule has 0 radical (unpaired) electrons. The Balaban J connectivity index is 2.83. The third kappa shape index (κ3) is 2.72. The number of esters is 2. The minimum absolute atomic E-state index is 0.0383. The maximum absolute atomic E-state index is 11.2. The molecule has 1 heterocycles. The van der Waals surface area contributed by atoms with Crippen LogP contribution >= 0.6 is 0 Å². The van der Waals surface area contributed by atoms with Gasteiger partial charge < -0.3 is 14.5 Å². The molecule has 2 N–H and O–H groups in total. The van der Waals surface area contributed by atoms with Crippen LogP contribution in [0.3, 0.4) is 0 Å². The van der Waals surface area contributed by atoms with Gasteiger partial charge in [-0.1, -0.05) is 0 Å². The summed E-state index contributed by atoms with van der Waals surface area (Å²) in [6.45, 7) is 0. The van der Waals surface area contributed by atoms with Crippen LogP contribution in [0.4, 0.5) is 0 Å². The number of rotatable bonds is 4. The van der Waals surface area contributed by atoms with Crippen molar-refractivity contribution in [1.82, 2.24) is 9.97 Å². The summed E-state index contributed by atoms with van der Waals surface area (Å²) < 4.78 is 8.93. The fourth-order valence-electron chi connectivity index (χ4n) is 1.21. The summed E-state index contributed by atoms with van der Waals surface area (Å²) in [5.74, 6) is -1.07. The van der Waals surface area contributed by atoms with Crippen LogP contribution in [0.25, 0.3) is 0 Å². The Kier molecular flexibility index (Phi) is 3.87. The summed E-state index contributed by atoms with van der Waals surface area (Å²) in [4.78, 5) is 37.9. The van der Waals surface area contributed by atoms with Gasteiger partial charge in [0.25, 0.3) is 0 Å². The van der Waals surface area contributed by atoms with Crippen molar-refractivity contribution in [2.24, 2.45) is 0 Å². The molecule has 1 aromatic heterocycles. The van der Waals surface area contributed by atoms with Crippen LogP contribution in [-0.4, -0.2) is 36.1 Å². The third-order valence-electron chi connectivity index (χ3n) is 2.00. The van der Waals surface area contributed by atoms with Crippen LogP contribution in [0.2, 0.25) is 0 Å². The van der Waals surface area contributed by atoms with Crippen molar-refractivity contribution < 1.29 is 19.1 Å². The van der Waals surface area contributed by atoms with Gasteiger partial charge in [0.05, 0.1) is 26.3 Å². The minimum Gasteiger partial charge on any atom is -0.469 e. The van der Waals surface area contributed by atoms with Gasteiger partial charge in [-0.25, -0.2) is 9.59 Å². The number of carbonyl (C=O) groups excluding carboxylic acids is 2. The molecule has 88 valence electrons. The van der Waals surface area contributed by atoms with E-state index in [4.69, 9.17) is 0 Å². The number of H-pyrrole nitrogens is 2. The molecule has 0 saturated carbocycles. The summed E-state index contributed by atoms with van der Waals surface area (Å²) in [6.07, 6.45) is 0.282. The number of aromatic amines is 2. The van der Waals surface area contributed by atoms with E-state index in [2.05, 4.69) is 19.4 Å². The first-order chi connectivity index (χ1) is 7.58. The molecule has 0 spiro atoms. The van der Waals surface area contributed by atoms with Crippen molar-refractivity contribution in [3.05, 3.63) is 21.9 Å². The van der Waals surface area contributed by atoms with E-state index in [1.165, 1.54) is 14.2 Å². The number of imidazole rings is 1. The molecule has 0 unspecified atom stereocenters. The molecule has 0 bridgehead atoms. The lowest BCUT2D eigenvalue weighted by Crippen LogP contribution is -2.08. The first-order valence-electron chi connectivity index (χ1n) is 4.54. The van der Waals surface area contributed by atoms with Gasteiger partial charge in [-0.3, -0.25) is 9.78 Å². The van der Waals surface area contributed by atoms with Gasteiger partial charge in [-0.15, -0.1) is 0 Å². The number of hydrogen-bond acceptors (Lipinski definition) is 5. The van der Waals surface area contributed by atoms with E-state index < -0.39 is 17.6 Å². The Bertz CT molecular complexity index is 445. The number of ether oxygens (including phenoxy) is 2. The molecule has 0 amide bonds. The smallest absolute Gasteiger partial charge is 0.356 e. The van der Waals surface area contributed by atoms with E-state index in [0.717, 1.165) is 0 Å². The molecule has 0 atom stereocenters. The van der Waals surface area contributed by atoms with E-state index in [1.807, 2.05) is 0 Å². The molecular formula is C9H12N2O5. The highest BCUT2D eigenvalue weighted by Gasteiger charge is 2.16. The highest BCUT2D eigenvalue weighted by Crippen LogP contribution is 2.05. The van der Waals surface area contributed by atoms with E-state index in [-0.39, 0.29) is 18.5 Å². The predicted molar refractivity (Wildman–Crippen MR) is 53.1 cm³/mol. The van der Waals surface area contributed by atoms with Gasteiger partial charge in [-0.05, 0) is 0 Å². The Morgan fingerprint density at radius 1 is 1.19 bits per heavy atom. The SMILES string of the molecule is COC(=O)CCc1[nH]c(=O)[nH]c1C(=O)OC. The average molecular weight is 228 g/mol. The molecule has 0 saturated heterocycles. The molecule has 0 aliphatic carbocycles. The third-order valence-corrected chi connectivity index (χ3v) is 2.00. The zero-order valence-corrected chi connectivity index (χ0v) is 8.96. The maximum atomic E-state index is 11.2. The quantitative estimate of drug-likeness (QED) is 0.682. The van der Waals surface area contributed by atoms with Crippen LogP contribution in [-0.2, 0) is 20.7 Å². The molecule has 0 aliphatic heterocycles. The summed E-state index contributed by atoms with van der Waals surface area (Å²) in [5, 5.41) is 0. The number of methoxy groups -OCH3 is 2. The zero-order chi connectivity index (χ0) is 12.1. The fourth-order valence-corrected chi connectivity index (χ4v) is 1.21. The lowest BCUT2D eigenvalue weighted by atomic mass is 10.2. The van der Waals surface area contributed by atoms with Gasteiger partial charge in [0.15, 0.2) is 0 Å². The molecule has 0 aliphatic rings. The number of aryl methyl sites for hydroxylation is 1. The van der Waals surface area contributed by atoms with Crippen molar-refractivity contribution in [1.29, 1.82) is 0 Å². The summed E-state index contributed by atoms with van der Waals surface area (Å²) in [5.41, 5.74) is -0.140. The zero-order valence-electron chi connectivity index (χ0n) is 8.96.